The largest absolute Gasteiger partial charge is 0.477 e. The van der Waals surface area contributed by atoms with E-state index in [0.717, 1.165) is 30.3 Å². The van der Waals surface area contributed by atoms with Gasteiger partial charge in [-0.1, -0.05) is 38.5 Å². The van der Waals surface area contributed by atoms with Gasteiger partial charge in [-0.2, -0.15) is 0 Å². The number of rotatable bonds is 6. The average Bonchev–Trinajstić information content (AvgIpc) is 2.46. The Morgan fingerprint density at radius 3 is 2.75 bits per heavy atom. The highest BCUT2D eigenvalue weighted by Gasteiger charge is 2.13. The summed E-state index contributed by atoms with van der Waals surface area (Å²) < 4.78 is 0. The van der Waals surface area contributed by atoms with Crippen LogP contribution in [-0.4, -0.2) is 22.1 Å². The summed E-state index contributed by atoms with van der Waals surface area (Å²) in [4.78, 5) is 15.4. The van der Waals surface area contributed by atoms with E-state index in [-0.39, 0.29) is 5.69 Å². The summed E-state index contributed by atoms with van der Waals surface area (Å²) in [6.07, 6.45) is 3.17. The molecule has 1 aromatic carbocycles. The highest BCUT2D eigenvalue weighted by atomic mass is 16.4. The molecule has 0 saturated heterocycles. The number of carboxylic acid groups (broad SMARTS) is 1. The first kappa shape index (κ1) is 14.3. The molecule has 0 saturated carbocycles. The van der Waals surface area contributed by atoms with Gasteiger partial charge in [-0.25, -0.2) is 9.78 Å². The minimum Gasteiger partial charge on any atom is -0.477 e. The Morgan fingerprint density at radius 2 is 2.10 bits per heavy atom. The SMILES string of the molecule is CCCC(CC)Nc1cc(C(=O)O)nc2ccccc12. The van der Waals surface area contributed by atoms with Gasteiger partial charge in [-0.3, -0.25) is 0 Å². The number of aromatic carboxylic acids is 1. The van der Waals surface area contributed by atoms with Crippen LogP contribution >= 0.6 is 0 Å². The van der Waals surface area contributed by atoms with E-state index in [9.17, 15) is 9.90 Å². The Kier molecular flexibility index (Phi) is 4.56. The summed E-state index contributed by atoms with van der Waals surface area (Å²) in [5, 5.41) is 13.6. The summed E-state index contributed by atoms with van der Waals surface area (Å²) in [5.74, 6) is -0.998. The van der Waals surface area contributed by atoms with E-state index in [4.69, 9.17) is 0 Å². The maximum Gasteiger partial charge on any atom is 0.354 e. The van der Waals surface area contributed by atoms with Crippen molar-refractivity contribution in [1.82, 2.24) is 4.98 Å². The minimum absolute atomic E-state index is 0.0811. The maximum absolute atomic E-state index is 11.2. The van der Waals surface area contributed by atoms with E-state index in [0.29, 0.717) is 11.6 Å². The predicted octanol–water partition coefficient (Wildman–Crippen LogP) is 3.92. The van der Waals surface area contributed by atoms with Gasteiger partial charge >= 0.3 is 5.97 Å². The average molecular weight is 272 g/mol. The van der Waals surface area contributed by atoms with E-state index < -0.39 is 5.97 Å². The molecule has 2 aromatic rings. The molecule has 1 atom stereocenters. The Morgan fingerprint density at radius 1 is 1.35 bits per heavy atom. The van der Waals surface area contributed by atoms with Crippen LogP contribution in [0.2, 0.25) is 0 Å². The summed E-state index contributed by atoms with van der Waals surface area (Å²) >= 11 is 0. The molecular formula is C16H20N2O2. The van der Waals surface area contributed by atoms with Crippen LogP contribution in [-0.2, 0) is 0 Å². The van der Waals surface area contributed by atoms with Gasteiger partial charge in [0, 0.05) is 17.1 Å². The molecule has 4 heteroatoms. The fourth-order valence-corrected chi connectivity index (χ4v) is 2.35. The Balaban J connectivity index is 2.46. The zero-order chi connectivity index (χ0) is 14.5. The second-order valence-corrected chi connectivity index (χ2v) is 4.92. The highest BCUT2D eigenvalue weighted by molar-refractivity contribution is 5.97. The van der Waals surface area contributed by atoms with Crippen LogP contribution in [0, 0.1) is 0 Å². The Hall–Kier alpha value is -2.10. The standard InChI is InChI=1S/C16H20N2O2/c1-3-7-11(4-2)17-14-10-15(16(19)20)18-13-9-6-5-8-12(13)14/h5-6,8-11H,3-4,7H2,1-2H3,(H,17,18)(H,19,20). The highest BCUT2D eigenvalue weighted by Crippen LogP contribution is 2.25. The molecular weight excluding hydrogens is 252 g/mol. The molecule has 0 bridgehead atoms. The number of nitrogens with one attached hydrogen (secondary N) is 1. The lowest BCUT2D eigenvalue weighted by atomic mass is 10.1. The lowest BCUT2D eigenvalue weighted by Crippen LogP contribution is -2.18. The van der Waals surface area contributed by atoms with Crippen molar-refractivity contribution >= 4 is 22.6 Å². The quantitative estimate of drug-likeness (QED) is 0.836. The number of hydrogen-bond donors (Lipinski definition) is 2. The number of hydrogen-bond acceptors (Lipinski definition) is 3. The van der Waals surface area contributed by atoms with Crippen LogP contribution in [0.3, 0.4) is 0 Å². The first-order valence-electron chi connectivity index (χ1n) is 7.05. The van der Waals surface area contributed by atoms with Crippen LogP contribution < -0.4 is 5.32 Å². The van der Waals surface area contributed by atoms with E-state index >= 15 is 0 Å². The van der Waals surface area contributed by atoms with E-state index in [1.54, 1.807) is 6.07 Å². The molecule has 0 aliphatic rings. The lowest BCUT2D eigenvalue weighted by molar-refractivity contribution is 0.0691. The smallest absolute Gasteiger partial charge is 0.354 e. The number of para-hydroxylation sites is 1. The van der Waals surface area contributed by atoms with E-state index in [1.807, 2.05) is 24.3 Å². The lowest BCUT2D eigenvalue weighted by Gasteiger charge is -2.19. The maximum atomic E-state index is 11.2. The molecule has 4 nitrogen and oxygen atoms in total. The van der Waals surface area contributed by atoms with Crippen LogP contribution in [0.5, 0.6) is 0 Å². The van der Waals surface area contributed by atoms with Crippen molar-refractivity contribution in [3.8, 4) is 0 Å². The van der Waals surface area contributed by atoms with Gasteiger partial charge in [0.1, 0.15) is 0 Å². The van der Waals surface area contributed by atoms with Gasteiger partial charge in [-0.05, 0) is 25.0 Å². The topological polar surface area (TPSA) is 62.2 Å². The van der Waals surface area contributed by atoms with Crippen LogP contribution in [0.15, 0.2) is 30.3 Å². The van der Waals surface area contributed by atoms with Crippen molar-refractivity contribution in [3.05, 3.63) is 36.0 Å². The number of nitrogens with zero attached hydrogens (tertiary/aromatic N) is 1. The normalized spacial score (nSPS) is 12.3. The first-order valence-corrected chi connectivity index (χ1v) is 7.05. The van der Waals surface area contributed by atoms with Crippen molar-refractivity contribution in [3.63, 3.8) is 0 Å². The van der Waals surface area contributed by atoms with E-state index in [1.165, 1.54) is 0 Å². The fraction of sp³-hybridized carbons (Fsp3) is 0.375. The molecule has 1 aromatic heterocycles. The molecule has 0 fully saturated rings. The van der Waals surface area contributed by atoms with Gasteiger partial charge in [0.2, 0.25) is 0 Å². The third-order valence-corrected chi connectivity index (χ3v) is 3.42. The number of pyridine rings is 1. The number of benzene rings is 1. The van der Waals surface area contributed by atoms with Crippen molar-refractivity contribution in [1.29, 1.82) is 0 Å². The van der Waals surface area contributed by atoms with Crippen LogP contribution in [0.1, 0.15) is 43.6 Å². The Bertz CT molecular complexity index is 610. The summed E-state index contributed by atoms with van der Waals surface area (Å²) in [6, 6.07) is 9.60. The number of aromatic nitrogens is 1. The first-order chi connectivity index (χ1) is 9.65. The van der Waals surface area contributed by atoms with Crippen LogP contribution in [0.25, 0.3) is 10.9 Å². The third-order valence-electron chi connectivity index (χ3n) is 3.42. The molecule has 0 radical (unpaired) electrons. The molecule has 2 rings (SSSR count). The van der Waals surface area contributed by atoms with Crippen LogP contribution in [0.4, 0.5) is 5.69 Å². The summed E-state index contributed by atoms with van der Waals surface area (Å²) in [7, 11) is 0. The third kappa shape index (κ3) is 3.07. The summed E-state index contributed by atoms with van der Waals surface area (Å²) in [6.45, 7) is 4.28. The van der Waals surface area contributed by atoms with Crippen molar-refractivity contribution < 1.29 is 9.90 Å². The van der Waals surface area contributed by atoms with Crippen molar-refractivity contribution in [2.24, 2.45) is 0 Å². The van der Waals surface area contributed by atoms with Gasteiger partial charge in [0.15, 0.2) is 5.69 Å². The monoisotopic (exact) mass is 272 g/mol. The fourth-order valence-electron chi connectivity index (χ4n) is 2.35. The van der Waals surface area contributed by atoms with E-state index in [2.05, 4.69) is 24.1 Å². The molecule has 2 N–H and O–H groups in total. The predicted molar refractivity (Wildman–Crippen MR) is 81.3 cm³/mol. The Labute approximate surface area is 118 Å². The number of carbonyl (C=O) groups is 1. The van der Waals surface area contributed by atoms with Gasteiger partial charge in [0.25, 0.3) is 0 Å². The number of fused-ring (bicyclic) bond motifs is 1. The molecule has 0 amide bonds. The molecule has 1 heterocycles. The second kappa shape index (κ2) is 6.37. The molecule has 0 spiro atoms. The minimum atomic E-state index is -0.998. The molecule has 0 aliphatic heterocycles. The zero-order valence-corrected chi connectivity index (χ0v) is 11.9. The molecule has 0 aliphatic carbocycles. The van der Waals surface area contributed by atoms with Gasteiger partial charge in [-0.15, -0.1) is 0 Å². The molecule has 1 unspecified atom stereocenters. The zero-order valence-electron chi connectivity index (χ0n) is 11.9. The van der Waals surface area contributed by atoms with Crippen molar-refractivity contribution in [2.45, 2.75) is 39.2 Å². The van der Waals surface area contributed by atoms with Gasteiger partial charge in [0.05, 0.1) is 5.52 Å². The van der Waals surface area contributed by atoms with Crippen molar-refractivity contribution in [2.75, 3.05) is 5.32 Å². The second-order valence-electron chi connectivity index (χ2n) is 4.92. The summed E-state index contributed by atoms with van der Waals surface area (Å²) in [5.41, 5.74) is 1.65. The molecule has 106 valence electrons. The number of carboxylic acids is 1. The van der Waals surface area contributed by atoms with Gasteiger partial charge < -0.3 is 10.4 Å². The number of anilines is 1. The molecule has 20 heavy (non-hydrogen) atoms.